The predicted octanol–water partition coefficient (Wildman–Crippen LogP) is 5.32. The highest BCUT2D eigenvalue weighted by atomic mass is 79.9. The van der Waals surface area contributed by atoms with Gasteiger partial charge in [0.25, 0.3) is 0 Å². The van der Waals surface area contributed by atoms with Crippen molar-refractivity contribution in [2.24, 2.45) is 0 Å². The number of nitrogens with one attached hydrogen (secondary N) is 1. The number of hydrazine groups is 1. The van der Waals surface area contributed by atoms with E-state index in [4.69, 9.17) is 4.74 Å². The maximum absolute atomic E-state index is 6.56. The van der Waals surface area contributed by atoms with Gasteiger partial charge in [0.2, 0.25) is 0 Å². The lowest BCUT2D eigenvalue weighted by Crippen LogP contribution is -2.58. The summed E-state index contributed by atoms with van der Waals surface area (Å²) < 4.78 is 7.65. The first kappa shape index (κ1) is 15.5. The molecular weight excluding hydrogens is 376 g/mol. The Morgan fingerprint density at radius 2 is 1.88 bits per heavy atom. The molecule has 0 radical (unpaired) electrons. The van der Waals surface area contributed by atoms with Gasteiger partial charge in [-0.2, -0.15) is 5.01 Å². The lowest BCUT2D eigenvalue weighted by Gasteiger charge is -2.46. The minimum atomic E-state index is -0.228. The van der Waals surface area contributed by atoms with E-state index in [1.807, 2.05) is 0 Å². The number of fused-ring (bicyclic) bond motifs is 4. The molecular formula is C21H21BrN2O. The second kappa shape index (κ2) is 5.61. The van der Waals surface area contributed by atoms with Gasteiger partial charge in [-0.15, -0.1) is 0 Å². The molecule has 1 aliphatic carbocycles. The van der Waals surface area contributed by atoms with Crippen LogP contribution in [0.5, 0.6) is 5.75 Å². The van der Waals surface area contributed by atoms with Crippen LogP contribution in [0.4, 0.5) is 0 Å². The number of ether oxygens (including phenoxy) is 1. The number of rotatable bonds is 1. The number of halogens is 1. The quantitative estimate of drug-likeness (QED) is 0.705. The summed E-state index contributed by atoms with van der Waals surface area (Å²) in [7, 11) is 0. The van der Waals surface area contributed by atoms with Crippen molar-refractivity contribution < 1.29 is 4.74 Å². The van der Waals surface area contributed by atoms with E-state index in [9.17, 15) is 0 Å². The van der Waals surface area contributed by atoms with Crippen LogP contribution in [0.25, 0.3) is 5.70 Å². The van der Waals surface area contributed by atoms with Crippen molar-refractivity contribution in [3.8, 4) is 5.75 Å². The van der Waals surface area contributed by atoms with Crippen molar-refractivity contribution in [3.63, 3.8) is 0 Å². The Morgan fingerprint density at radius 1 is 1.12 bits per heavy atom. The van der Waals surface area contributed by atoms with Gasteiger partial charge >= 0.3 is 0 Å². The third-order valence-electron chi connectivity index (χ3n) is 5.62. The van der Waals surface area contributed by atoms with Crippen molar-refractivity contribution in [3.05, 3.63) is 69.7 Å². The van der Waals surface area contributed by atoms with Gasteiger partial charge in [-0.1, -0.05) is 45.8 Å². The zero-order valence-corrected chi connectivity index (χ0v) is 15.8. The zero-order chi connectivity index (χ0) is 17.0. The van der Waals surface area contributed by atoms with Gasteiger partial charge in [0, 0.05) is 22.9 Å². The molecule has 0 aromatic heterocycles. The van der Waals surface area contributed by atoms with Crippen molar-refractivity contribution >= 4 is 21.6 Å². The van der Waals surface area contributed by atoms with E-state index >= 15 is 0 Å². The number of benzene rings is 2. The molecule has 2 heterocycles. The molecule has 128 valence electrons. The summed E-state index contributed by atoms with van der Waals surface area (Å²) in [6.07, 6.45) is 6.92. The Balaban J connectivity index is 1.61. The molecule has 0 saturated heterocycles. The van der Waals surface area contributed by atoms with E-state index in [2.05, 4.69) is 81.8 Å². The molecule has 4 heteroatoms. The van der Waals surface area contributed by atoms with E-state index in [1.165, 1.54) is 35.2 Å². The maximum Gasteiger partial charge on any atom is 0.180 e. The van der Waals surface area contributed by atoms with Gasteiger partial charge in [-0.25, -0.2) is 0 Å². The fraction of sp³-hybridized carbons (Fsp3) is 0.333. The molecule has 3 aliphatic rings. The summed E-state index contributed by atoms with van der Waals surface area (Å²) in [4.78, 5) is 0. The topological polar surface area (TPSA) is 24.5 Å². The molecule has 0 amide bonds. The molecule has 5 rings (SSSR count). The van der Waals surface area contributed by atoms with Crippen LogP contribution in [0.3, 0.4) is 0 Å². The van der Waals surface area contributed by atoms with Crippen molar-refractivity contribution in [2.45, 2.75) is 44.4 Å². The van der Waals surface area contributed by atoms with Gasteiger partial charge in [0.1, 0.15) is 5.75 Å². The Hall–Kier alpha value is -1.78. The molecule has 25 heavy (non-hydrogen) atoms. The van der Waals surface area contributed by atoms with E-state index in [0.29, 0.717) is 0 Å². The number of aryl methyl sites for hydroxylation is 1. The monoisotopic (exact) mass is 396 g/mol. The largest absolute Gasteiger partial charge is 0.471 e. The molecule has 1 N–H and O–H groups in total. The van der Waals surface area contributed by atoms with Gasteiger partial charge in [-0.3, -0.25) is 0 Å². The minimum Gasteiger partial charge on any atom is -0.471 e. The summed E-state index contributed by atoms with van der Waals surface area (Å²) >= 11 is 3.62. The molecule has 2 aromatic carbocycles. The molecule has 2 aromatic rings. The molecule has 1 fully saturated rings. The first-order valence-electron chi connectivity index (χ1n) is 8.98. The van der Waals surface area contributed by atoms with Crippen molar-refractivity contribution in [1.82, 2.24) is 10.4 Å². The normalized spacial score (nSPS) is 23.6. The lowest BCUT2D eigenvalue weighted by atomic mass is 9.98. The van der Waals surface area contributed by atoms with Crippen LogP contribution in [0.15, 0.2) is 53.0 Å². The maximum atomic E-state index is 6.56. The predicted molar refractivity (Wildman–Crippen MR) is 103 cm³/mol. The average Bonchev–Trinajstić information content (AvgIpc) is 3.25. The van der Waals surface area contributed by atoms with Gasteiger partial charge in [0.05, 0.1) is 11.7 Å². The second-order valence-corrected chi connectivity index (χ2v) is 8.23. The van der Waals surface area contributed by atoms with Crippen LogP contribution >= 0.6 is 15.9 Å². The summed E-state index contributed by atoms with van der Waals surface area (Å²) in [6.45, 7) is 2.12. The highest BCUT2D eigenvalue weighted by Gasteiger charge is 2.51. The smallest absolute Gasteiger partial charge is 0.180 e. The fourth-order valence-corrected chi connectivity index (χ4v) is 4.69. The van der Waals surface area contributed by atoms with E-state index < -0.39 is 0 Å². The first-order chi connectivity index (χ1) is 12.1. The van der Waals surface area contributed by atoms with E-state index in [0.717, 1.165) is 23.1 Å². The van der Waals surface area contributed by atoms with Crippen LogP contribution in [-0.2, 0) is 0 Å². The van der Waals surface area contributed by atoms with E-state index in [-0.39, 0.29) is 11.8 Å². The van der Waals surface area contributed by atoms with Crippen LogP contribution in [0.2, 0.25) is 0 Å². The lowest BCUT2D eigenvalue weighted by molar-refractivity contribution is -0.125. The minimum absolute atomic E-state index is 0.204. The fourth-order valence-electron chi connectivity index (χ4n) is 4.31. The first-order valence-corrected chi connectivity index (χ1v) is 9.77. The summed E-state index contributed by atoms with van der Waals surface area (Å²) in [5.41, 5.74) is 8.35. The van der Waals surface area contributed by atoms with Crippen LogP contribution in [0, 0.1) is 6.92 Å². The third-order valence-corrected chi connectivity index (χ3v) is 6.11. The highest BCUT2D eigenvalue weighted by Crippen LogP contribution is 2.50. The SMILES string of the molecule is Cc1ccc(C2=C[C@@H]3c4cc(Br)ccc4OC4(CCCC4)N3N2)cc1. The molecule has 1 spiro atoms. The summed E-state index contributed by atoms with van der Waals surface area (Å²) in [5.74, 6) is 1.02. The number of nitrogens with zero attached hydrogens (tertiary/aromatic N) is 1. The molecule has 3 nitrogen and oxygen atoms in total. The number of hydrogen-bond acceptors (Lipinski definition) is 3. The number of hydrogen-bond donors (Lipinski definition) is 1. The van der Waals surface area contributed by atoms with Crippen LogP contribution in [-0.4, -0.2) is 10.7 Å². The zero-order valence-electron chi connectivity index (χ0n) is 14.3. The Morgan fingerprint density at radius 3 is 2.64 bits per heavy atom. The van der Waals surface area contributed by atoms with Crippen LogP contribution < -0.4 is 10.2 Å². The molecule has 2 aliphatic heterocycles. The summed E-state index contributed by atoms with van der Waals surface area (Å²) in [5, 5.41) is 2.35. The van der Waals surface area contributed by atoms with Crippen LogP contribution in [0.1, 0.15) is 48.4 Å². The Kier molecular flexibility index (Phi) is 3.47. The van der Waals surface area contributed by atoms with Gasteiger partial charge in [0.15, 0.2) is 5.72 Å². The van der Waals surface area contributed by atoms with Gasteiger partial charge < -0.3 is 10.2 Å². The second-order valence-electron chi connectivity index (χ2n) is 7.31. The van der Waals surface area contributed by atoms with Gasteiger partial charge in [-0.05, 0) is 49.6 Å². The van der Waals surface area contributed by atoms with Crippen molar-refractivity contribution in [2.75, 3.05) is 0 Å². The Bertz CT molecular complexity index is 853. The third kappa shape index (κ3) is 2.42. The Labute approximate surface area is 156 Å². The molecule has 1 saturated carbocycles. The molecule has 0 bridgehead atoms. The van der Waals surface area contributed by atoms with E-state index in [1.54, 1.807) is 0 Å². The summed E-state index contributed by atoms with van der Waals surface area (Å²) in [6, 6.07) is 15.3. The highest BCUT2D eigenvalue weighted by molar-refractivity contribution is 9.10. The molecule has 0 unspecified atom stereocenters. The van der Waals surface area contributed by atoms with Crippen molar-refractivity contribution in [1.29, 1.82) is 0 Å². The molecule has 1 atom stereocenters. The standard InChI is InChI=1S/C21H21BrN2O/c1-14-4-6-15(7-5-14)18-13-19-17-12-16(22)8-9-20(17)25-21(24(19)23-18)10-2-3-11-21/h4-9,12-13,19,23H,2-3,10-11H2,1H3/t19-/m1/s1. The average molecular weight is 397 g/mol.